The Kier molecular flexibility index (Phi) is 7.96. The average Bonchev–Trinajstić information content (AvgIpc) is 3.16. The molecule has 1 aromatic rings. The van der Waals surface area contributed by atoms with Crippen LogP contribution in [0.4, 0.5) is 0 Å². The minimum Gasteiger partial charge on any atom is -0.350 e. The predicted molar refractivity (Wildman–Crippen MR) is 133 cm³/mol. The van der Waals surface area contributed by atoms with Crippen LogP contribution in [0.15, 0.2) is 65.9 Å². The van der Waals surface area contributed by atoms with Crippen LogP contribution in [-0.4, -0.2) is 61.1 Å². The summed E-state index contributed by atoms with van der Waals surface area (Å²) in [5.41, 5.74) is 0.951. The number of sulfonamides is 2. The zero-order chi connectivity index (χ0) is 23.8. The molecule has 0 aliphatic carbocycles. The van der Waals surface area contributed by atoms with Gasteiger partial charge >= 0.3 is 0 Å². The topological polar surface area (TPSA) is 95.1 Å². The van der Waals surface area contributed by atoms with Crippen molar-refractivity contribution in [3.63, 3.8) is 0 Å². The number of allylic oxidation sites excluding steroid dienone is 4. The molecule has 34 heavy (non-hydrogen) atoms. The SMILES string of the molecule is CCC[C@H]1C(=O)N(S(C)(=O)=O)[C@H]2CCN(S(=O)(=O)c3ccc(CN4C=CC=CC=C4)cc3)[C@H]12.Cl. The van der Waals surface area contributed by atoms with E-state index >= 15 is 0 Å². The maximum Gasteiger partial charge on any atom is 0.243 e. The average molecular weight is 528 g/mol. The summed E-state index contributed by atoms with van der Waals surface area (Å²) < 4.78 is 54.0. The van der Waals surface area contributed by atoms with Gasteiger partial charge in [0.2, 0.25) is 26.0 Å². The molecule has 0 saturated carbocycles. The number of carbonyl (C=O) groups excluding carboxylic acids is 1. The third kappa shape index (κ3) is 4.95. The first kappa shape index (κ1) is 26.5. The third-order valence-corrected chi connectivity index (χ3v) is 9.44. The number of halogens is 1. The van der Waals surface area contributed by atoms with E-state index in [2.05, 4.69) is 0 Å². The van der Waals surface area contributed by atoms with E-state index < -0.39 is 44.0 Å². The Morgan fingerprint density at radius 3 is 2.15 bits per heavy atom. The predicted octanol–water partition coefficient (Wildman–Crippen LogP) is 2.86. The number of hydrogen-bond donors (Lipinski definition) is 0. The second kappa shape index (κ2) is 10.2. The molecular formula is C23H30ClN3O5S2. The van der Waals surface area contributed by atoms with Crippen molar-refractivity contribution in [2.45, 2.75) is 49.7 Å². The fourth-order valence-electron chi connectivity index (χ4n) is 4.98. The highest BCUT2D eigenvalue weighted by Crippen LogP contribution is 2.42. The van der Waals surface area contributed by atoms with Crippen LogP contribution in [0.2, 0.25) is 0 Å². The van der Waals surface area contributed by atoms with Gasteiger partial charge in [0.05, 0.1) is 29.2 Å². The van der Waals surface area contributed by atoms with E-state index in [0.29, 0.717) is 25.8 Å². The van der Waals surface area contributed by atoms with Crippen LogP contribution >= 0.6 is 12.4 Å². The number of rotatable bonds is 7. The molecule has 3 aliphatic rings. The van der Waals surface area contributed by atoms with Crippen LogP contribution in [0.3, 0.4) is 0 Å². The molecule has 0 bridgehead atoms. The molecule has 0 spiro atoms. The highest BCUT2D eigenvalue weighted by atomic mass is 35.5. The summed E-state index contributed by atoms with van der Waals surface area (Å²) in [6, 6.07) is 5.42. The monoisotopic (exact) mass is 527 g/mol. The van der Waals surface area contributed by atoms with E-state index in [1.54, 1.807) is 24.3 Å². The molecule has 0 unspecified atom stereocenters. The standard InChI is InChI=1S/C23H29N3O5S2.ClH/c1-3-8-20-22-21(26(23(20)27)32(2,28)29)13-16-25(22)33(30,31)19-11-9-18(10-12-19)17-24-14-6-4-5-7-15-24;/h4-7,9-12,14-15,20-22H,3,8,13,16-17H2,1-2H3;1H/t20-,21+,22-;/m1./s1. The summed E-state index contributed by atoms with van der Waals surface area (Å²) in [6.45, 7) is 2.69. The Hall–Kier alpha value is -2.14. The summed E-state index contributed by atoms with van der Waals surface area (Å²) in [6.07, 6.45) is 14.0. The first-order valence-corrected chi connectivity index (χ1v) is 14.3. The van der Waals surface area contributed by atoms with Crippen molar-refractivity contribution >= 4 is 38.4 Å². The first-order valence-electron chi connectivity index (χ1n) is 11.1. The lowest BCUT2D eigenvalue weighted by Crippen LogP contribution is -2.43. The highest BCUT2D eigenvalue weighted by Gasteiger charge is 2.58. The van der Waals surface area contributed by atoms with E-state index in [4.69, 9.17) is 0 Å². The molecule has 1 amide bonds. The van der Waals surface area contributed by atoms with Crippen molar-refractivity contribution < 1.29 is 21.6 Å². The Bertz CT molecular complexity index is 1190. The maximum atomic E-state index is 13.5. The fraction of sp³-hybridized carbons (Fsp3) is 0.435. The molecule has 1 aromatic carbocycles. The van der Waals surface area contributed by atoms with Crippen LogP contribution in [0.5, 0.6) is 0 Å². The lowest BCUT2D eigenvalue weighted by molar-refractivity contribution is -0.128. The number of nitrogens with zero attached hydrogens (tertiary/aromatic N) is 3. The van der Waals surface area contributed by atoms with Gasteiger partial charge in [-0.05, 0) is 42.7 Å². The van der Waals surface area contributed by atoms with Crippen molar-refractivity contribution in [2.24, 2.45) is 5.92 Å². The van der Waals surface area contributed by atoms with Crippen molar-refractivity contribution in [1.82, 2.24) is 13.5 Å². The lowest BCUT2D eigenvalue weighted by Gasteiger charge is -2.27. The van der Waals surface area contributed by atoms with Crippen LogP contribution in [0.1, 0.15) is 31.7 Å². The summed E-state index contributed by atoms with van der Waals surface area (Å²) >= 11 is 0. The number of fused-ring (bicyclic) bond motifs is 1. The van der Waals surface area contributed by atoms with Crippen LogP contribution in [0, 0.1) is 5.92 Å². The fourth-order valence-corrected chi connectivity index (χ4v) is 7.87. The Labute approximate surface area is 208 Å². The Balaban J connectivity index is 0.00000324. The Morgan fingerprint density at radius 1 is 0.971 bits per heavy atom. The number of benzene rings is 1. The van der Waals surface area contributed by atoms with Gasteiger partial charge in [-0.1, -0.05) is 37.6 Å². The third-order valence-electron chi connectivity index (χ3n) is 6.36. The maximum absolute atomic E-state index is 13.5. The molecule has 3 aliphatic heterocycles. The minimum atomic E-state index is -3.88. The molecule has 0 radical (unpaired) electrons. The zero-order valence-corrected chi connectivity index (χ0v) is 21.6. The Morgan fingerprint density at radius 2 is 1.59 bits per heavy atom. The quantitative estimate of drug-likeness (QED) is 0.541. The first-order chi connectivity index (χ1) is 15.6. The molecular weight excluding hydrogens is 498 g/mol. The second-order valence-corrected chi connectivity index (χ2v) is 12.4. The molecule has 11 heteroatoms. The molecule has 2 fully saturated rings. The molecule has 3 heterocycles. The van der Waals surface area contributed by atoms with E-state index in [0.717, 1.165) is 16.1 Å². The van der Waals surface area contributed by atoms with Crippen LogP contribution < -0.4 is 0 Å². The van der Waals surface area contributed by atoms with Crippen molar-refractivity contribution in [1.29, 1.82) is 0 Å². The largest absolute Gasteiger partial charge is 0.350 e. The van der Waals surface area contributed by atoms with Gasteiger partial charge in [0.25, 0.3) is 0 Å². The van der Waals surface area contributed by atoms with Gasteiger partial charge in [-0.25, -0.2) is 21.1 Å². The van der Waals surface area contributed by atoms with Crippen LogP contribution in [0.25, 0.3) is 0 Å². The van der Waals surface area contributed by atoms with Gasteiger partial charge in [-0.15, -0.1) is 12.4 Å². The number of hydrogen-bond acceptors (Lipinski definition) is 6. The molecule has 4 rings (SSSR count). The summed E-state index contributed by atoms with van der Waals surface area (Å²) in [7, 11) is -7.66. The van der Waals surface area contributed by atoms with Gasteiger partial charge < -0.3 is 4.90 Å². The van der Waals surface area contributed by atoms with Crippen molar-refractivity contribution in [2.75, 3.05) is 12.8 Å². The van der Waals surface area contributed by atoms with E-state index in [1.807, 2.05) is 48.5 Å². The molecule has 2 saturated heterocycles. The summed E-state index contributed by atoms with van der Waals surface area (Å²) in [5, 5.41) is 0. The number of carbonyl (C=O) groups is 1. The summed E-state index contributed by atoms with van der Waals surface area (Å²) in [5.74, 6) is -1.14. The van der Waals surface area contributed by atoms with Gasteiger partial charge in [-0.2, -0.15) is 4.31 Å². The summed E-state index contributed by atoms with van der Waals surface area (Å²) in [4.78, 5) is 15.1. The van der Waals surface area contributed by atoms with Crippen molar-refractivity contribution in [3.05, 3.63) is 66.5 Å². The smallest absolute Gasteiger partial charge is 0.243 e. The highest BCUT2D eigenvalue weighted by molar-refractivity contribution is 7.89. The number of amides is 1. The normalized spacial score (nSPS) is 24.9. The second-order valence-electron chi connectivity index (χ2n) is 8.64. The molecule has 3 atom stereocenters. The van der Waals surface area contributed by atoms with Gasteiger partial charge in [0.1, 0.15) is 0 Å². The molecule has 0 aromatic heterocycles. The van der Waals surface area contributed by atoms with E-state index in [-0.39, 0.29) is 23.8 Å². The molecule has 186 valence electrons. The van der Waals surface area contributed by atoms with Crippen molar-refractivity contribution in [3.8, 4) is 0 Å². The van der Waals surface area contributed by atoms with E-state index in [1.165, 1.54) is 4.31 Å². The van der Waals surface area contributed by atoms with Gasteiger partial charge in [0, 0.05) is 25.5 Å². The van der Waals surface area contributed by atoms with E-state index in [9.17, 15) is 21.6 Å². The molecule has 8 nitrogen and oxygen atoms in total. The van der Waals surface area contributed by atoms with Gasteiger partial charge in [-0.3, -0.25) is 4.79 Å². The molecule has 0 N–H and O–H groups in total. The lowest BCUT2D eigenvalue weighted by atomic mass is 9.95. The van der Waals surface area contributed by atoms with Crippen LogP contribution in [-0.2, 0) is 31.4 Å². The minimum absolute atomic E-state index is 0. The van der Waals surface area contributed by atoms with Gasteiger partial charge in [0.15, 0.2) is 0 Å². The zero-order valence-electron chi connectivity index (χ0n) is 19.1.